The predicted octanol–water partition coefficient (Wildman–Crippen LogP) is 3.78. The third-order valence-electron chi connectivity index (χ3n) is 4.84. The van der Waals surface area contributed by atoms with Crippen molar-refractivity contribution < 1.29 is 17.9 Å². The van der Waals surface area contributed by atoms with Gasteiger partial charge in [-0.3, -0.25) is 9.89 Å². The van der Waals surface area contributed by atoms with Crippen LogP contribution in [-0.2, 0) is 5.41 Å². The molecule has 1 aliphatic rings. The number of ether oxygens (including phenoxy) is 1. The molecule has 1 fully saturated rings. The number of methoxy groups -OCH3 is 1. The van der Waals surface area contributed by atoms with Crippen molar-refractivity contribution in [2.75, 3.05) is 39.8 Å². The molecule has 1 aromatic carbocycles. The lowest BCUT2D eigenvalue weighted by molar-refractivity contribution is -0.143. The Balaban J connectivity index is 0.00000420. The van der Waals surface area contributed by atoms with Gasteiger partial charge in [-0.15, -0.1) is 24.0 Å². The summed E-state index contributed by atoms with van der Waals surface area (Å²) in [4.78, 5) is 6.12. The highest BCUT2D eigenvalue weighted by atomic mass is 127. The maximum absolute atomic E-state index is 12.6. The van der Waals surface area contributed by atoms with E-state index >= 15 is 0 Å². The standard InChI is InChI=1S/C20H31F3N4O.HI/c1-5-24-18(26-16-9-10-27(12-16)14-20(21,22)23)25-13-19(2,3)15-7-6-8-17(11-15)28-4;/h6-8,11,16H,5,9-10,12-14H2,1-4H3,(H2,24,25,26);1H. The monoisotopic (exact) mass is 528 g/mol. The van der Waals surface area contributed by atoms with Crippen molar-refractivity contribution in [2.24, 2.45) is 4.99 Å². The summed E-state index contributed by atoms with van der Waals surface area (Å²) < 4.78 is 43.0. The van der Waals surface area contributed by atoms with E-state index in [1.54, 1.807) is 7.11 Å². The molecule has 0 radical (unpaired) electrons. The van der Waals surface area contributed by atoms with Crippen molar-refractivity contribution in [1.82, 2.24) is 15.5 Å². The van der Waals surface area contributed by atoms with Crippen LogP contribution in [0.25, 0.3) is 0 Å². The Bertz CT molecular complexity index is 667. The predicted molar refractivity (Wildman–Crippen MR) is 121 cm³/mol. The van der Waals surface area contributed by atoms with Gasteiger partial charge in [0.15, 0.2) is 5.96 Å². The highest BCUT2D eigenvalue weighted by molar-refractivity contribution is 14.0. The average molecular weight is 528 g/mol. The molecular formula is C20H32F3IN4O. The molecule has 0 spiro atoms. The Hall–Kier alpha value is -1.23. The van der Waals surface area contributed by atoms with E-state index in [9.17, 15) is 13.2 Å². The normalized spacial score (nSPS) is 18.3. The Kier molecular flexibility index (Phi) is 10.0. The van der Waals surface area contributed by atoms with Gasteiger partial charge in [0.2, 0.25) is 0 Å². The van der Waals surface area contributed by atoms with E-state index in [2.05, 4.69) is 24.5 Å². The molecule has 2 rings (SSSR count). The molecule has 1 atom stereocenters. The van der Waals surface area contributed by atoms with Gasteiger partial charge in [0.1, 0.15) is 5.75 Å². The SMILES string of the molecule is CCNC(=NCC(C)(C)c1cccc(OC)c1)NC1CCN(CC(F)(F)F)C1.I. The Morgan fingerprint density at radius 1 is 1.31 bits per heavy atom. The number of nitrogens with zero attached hydrogens (tertiary/aromatic N) is 2. The summed E-state index contributed by atoms with van der Waals surface area (Å²) in [6.07, 6.45) is -3.49. The number of hydrogen-bond donors (Lipinski definition) is 2. The van der Waals surface area contributed by atoms with E-state index < -0.39 is 12.7 Å². The van der Waals surface area contributed by atoms with Gasteiger partial charge in [-0.2, -0.15) is 13.2 Å². The molecule has 0 bridgehead atoms. The number of rotatable bonds is 7. The second-order valence-electron chi connectivity index (χ2n) is 7.79. The fourth-order valence-electron chi connectivity index (χ4n) is 3.27. The zero-order chi connectivity index (χ0) is 20.8. The Morgan fingerprint density at radius 2 is 2.03 bits per heavy atom. The van der Waals surface area contributed by atoms with Crippen LogP contribution in [0.4, 0.5) is 13.2 Å². The molecule has 9 heteroatoms. The molecule has 0 aliphatic carbocycles. The molecule has 29 heavy (non-hydrogen) atoms. The maximum atomic E-state index is 12.6. The summed E-state index contributed by atoms with van der Waals surface area (Å²) in [6.45, 7) is 7.34. The van der Waals surface area contributed by atoms with Gasteiger partial charge in [-0.1, -0.05) is 26.0 Å². The number of likely N-dealkylation sites (tertiary alicyclic amines) is 1. The van der Waals surface area contributed by atoms with Crippen molar-refractivity contribution >= 4 is 29.9 Å². The third kappa shape index (κ3) is 8.57. The summed E-state index contributed by atoms with van der Waals surface area (Å²) >= 11 is 0. The lowest BCUT2D eigenvalue weighted by atomic mass is 9.84. The minimum Gasteiger partial charge on any atom is -0.497 e. The van der Waals surface area contributed by atoms with E-state index in [1.165, 1.54) is 4.90 Å². The number of aliphatic imine (C=N–C) groups is 1. The van der Waals surface area contributed by atoms with Crippen molar-refractivity contribution in [2.45, 2.75) is 44.8 Å². The molecule has 5 nitrogen and oxygen atoms in total. The van der Waals surface area contributed by atoms with Gasteiger partial charge in [0.05, 0.1) is 20.2 Å². The summed E-state index contributed by atoms with van der Waals surface area (Å²) in [7, 11) is 1.64. The van der Waals surface area contributed by atoms with Crippen LogP contribution in [0, 0.1) is 0 Å². The first-order valence-electron chi connectivity index (χ1n) is 9.61. The largest absolute Gasteiger partial charge is 0.497 e. The molecule has 0 aromatic heterocycles. The summed E-state index contributed by atoms with van der Waals surface area (Å²) in [5.41, 5.74) is 0.901. The van der Waals surface area contributed by atoms with Crippen LogP contribution in [0.15, 0.2) is 29.3 Å². The van der Waals surface area contributed by atoms with Gasteiger partial charge in [-0.05, 0) is 31.0 Å². The van der Waals surface area contributed by atoms with Crippen molar-refractivity contribution in [1.29, 1.82) is 0 Å². The summed E-state index contributed by atoms with van der Waals surface area (Å²) in [5.74, 6) is 1.44. The highest BCUT2D eigenvalue weighted by Crippen LogP contribution is 2.27. The van der Waals surface area contributed by atoms with E-state index in [4.69, 9.17) is 9.73 Å². The van der Waals surface area contributed by atoms with E-state index in [0.717, 1.165) is 11.3 Å². The van der Waals surface area contributed by atoms with E-state index in [-0.39, 0.29) is 35.4 Å². The molecule has 1 heterocycles. The maximum Gasteiger partial charge on any atom is 0.401 e. The van der Waals surface area contributed by atoms with Crippen LogP contribution in [0.1, 0.15) is 32.8 Å². The fraction of sp³-hybridized carbons (Fsp3) is 0.650. The minimum atomic E-state index is -4.16. The first-order valence-corrected chi connectivity index (χ1v) is 9.61. The van der Waals surface area contributed by atoms with Crippen LogP contribution < -0.4 is 15.4 Å². The third-order valence-corrected chi connectivity index (χ3v) is 4.84. The lowest BCUT2D eigenvalue weighted by Gasteiger charge is -2.25. The number of nitrogens with one attached hydrogen (secondary N) is 2. The van der Waals surface area contributed by atoms with Crippen LogP contribution in [0.5, 0.6) is 5.75 Å². The molecule has 1 aromatic rings. The minimum absolute atomic E-state index is 0. The van der Waals surface area contributed by atoms with Gasteiger partial charge < -0.3 is 15.4 Å². The topological polar surface area (TPSA) is 48.9 Å². The second-order valence-corrected chi connectivity index (χ2v) is 7.79. The number of alkyl halides is 3. The summed E-state index contributed by atoms with van der Waals surface area (Å²) in [5, 5.41) is 6.48. The number of benzene rings is 1. The Labute approximate surface area is 188 Å². The van der Waals surface area contributed by atoms with E-state index in [0.29, 0.717) is 38.6 Å². The smallest absolute Gasteiger partial charge is 0.401 e. The molecule has 1 unspecified atom stereocenters. The molecule has 1 aliphatic heterocycles. The van der Waals surface area contributed by atoms with Gasteiger partial charge in [0.25, 0.3) is 0 Å². The average Bonchev–Trinajstić information content (AvgIpc) is 3.05. The van der Waals surface area contributed by atoms with Crippen molar-refractivity contribution in [3.63, 3.8) is 0 Å². The van der Waals surface area contributed by atoms with Crippen LogP contribution in [-0.4, -0.2) is 62.9 Å². The molecule has 166 valence electrons. The van der Waals surface area contributed by atoms with Crippen molar-refractivity contribution in [3.8, 4) is 5.75 Å². The van der Waals surface area contributed by atoms with Crippen LogP contribution in [0.2, 0.25) is 0 Å². The molecule has 1 saturated heterocycles. The van der Waals surface area contributed by atoms with Gasteiger partial charge >= 0.3 is 6.18 Å². The van der Waals surface area contributed by atoms with Gasteiger partial charge in [-0.25, -0.2) is 0 Å². The first kappa shape index (κ1) is 25.8. The Morgan fingerprint density at radius 3 is 2.66 bits per heavy atom. The number of guanidine groups is 1. The van der Waals surface area contributed by atoms with Crippen LogP contribution >= 0.6 is 24.0 Å². The summed E-state index contributed by atoms with van der Waals surface area (Å²) in [6, 6.07) is 7.87. The zero-order valence-corrected chi connectivity index (χ0v) is 19.8. The fourth-order valence-corrected chi connectivity index (χ4v) is 3.27. The molecular weight excluding hydrogens is 496 g/mol. The second kappa shape index (κ2) is 11.2. The number of hydrogen-bond acceptors (Lipinski definition) is 3. The van der Waals surface area contributed by atoms with E-state index in [1.807, 2.05) is 31.2 Å². The molecule has 0 amide bonds. The zero-order valence-electron chi connectivity index (χ0n) is 17.5. The lowest BCUT2D eigenvalue weighted by Crippen LogP contribution is -2.45. The quantitative estimate of drug-likeness (QED) is 0.322. The molecule has 0 saturated carbocycles. The highest BCUT2D eigenvalue weighted by Gasteiger charge is 2.34. The number of halogens is 4. The van der Waals surface area contributed by atoms with Crippen LogP contribution in [0.3, 0.4) is 0 Å². The first-order chi connectivity index (χ1) is 13.1. The molecule has 2 N–H and O–H groups in total. The van der Waals surface area contributed by atoms with Gasteiger partial charge in [0, 0.05) is 31.1 Å². The van der Waals surface area contributed by atoms with Crippen molar-refractivity contribution in [3.05, 3.63) is 29.8 Å².